The van der Waals surface area contributed by atoms with Crippen LogP contribution in [-0.4, -0.2) is 4.98 Å². The minimum absolute atomic E-state index is 1.05. The predicted molar refractivity (Wildman–Crippen MR) is 89.4 cm³/mol. The van der Waals surface area contributed by atoms with Gasteiger partial charge in [0, 0.05) is 10.8 Å². The number of nitrogens with zero attached hydrogens (tertiary/aromatic N) is 1. The largest absolute Gasteiger partial charge is 0.248 e. The van der Waals surface area contributed by atoms with Crippen LogP contribution in [0.25, 0.3) is 32.9 Å². The molecule has 0 aliphatic carbocycles. The fraction of sp³-hybridized carbons (Fsp3) is 0.0500. The van der Waals surface area contributed by atoms with Gasteiger partial charge in [-0.15, -0.1) is 0 Å². The molecule has 0 radical (unpaired) electrons. The zero-order valence-corrected chi connectivity index (χ0v) is 11.9. The molecule has 0 saturated heterocycles. The monoisotopic (exact) mass is 269 g/mol. The van der Waals surface area contributed by atoms with Gasteiger partial charge in [0.15, 0.2) is 0 Å². The van der Waals surface area contributed by atoms with Crippen LogP contribution in [0, 0.1) is 6.92 Å². The van der Waals surface area contributed by atoms with Crippen molar-refractivity contribution in [1.82, 2.24) is 4.98 Å². The molecule has 0 bridgehead atoms. The number of hydrogen-bond donors (Lipinski definition) is 0. The van der Waals surface area contributed by atoms with E-state index in [1.807, 2.05) is 6.07 Å². The second-order valence-electron chi connectivity index (χ2n) is 5.46. The first-order chi connectivity index (χ1) is 10.3. The minimum Gasteiger partial charge on any atom is -0.248 e. The molecule has 3 aromatic carbocycles. The predicted octanol–water partition coefficient (Wildman–Crippen LogP) is 5.36. The summed E-state index contributed by atoms with van der Waals surface area (Å²) in [4.78, 5) is 4.73. The summed E-state index contributed by atoms with van der Waals surface area (Å²) >= 11 is 0. The fourth-order valence-electron chi connectivity index (χ4n) is 2.78. The maximum absolute atomic E-state index is 4.73. The van der Waals surface area contributed by atoms with Crippen molar-refractivity contribution in [3.05, 3.63) is 78.4 Å². The van der Waals surface area contributed by atoms with Crippen LogP contribution in [0.4, 0.5) is 0 Å². The van der Waals surface area contributed by atoms with Crippen molar-refractivity contribution in [2.24, 2.45) is 0 Å². The molecular weight excluding hydrogens is 254 g/mol. The Kier molecular flexibility index (Phi) is 2.71. The van der Waals surface area contributed by atoms with Gasteiger partial charge in [-0.1, -0.05) is 54.1 Å². The first-order valence-corrected chi connectivity index (χ1v) is 7.16. The number of rotatable bonds is 1. The summed E-state index contributed by atoms with van der Waals surface area (Å²) in [6.07, 6.45) is 0. The normalized spacial score (nSPS) is 11.1. The molecule has 0 aliphatic heterocycles. The Morgan fingerprint density at radius 1 is 0.619 bits per heavy atom. The highest BCUT2D eigenvalue weighted by Crippen LogP contribution is 2.26. The van der Waals surface area contributed by atoms with Gasteiger partial charge in [-0.2, -0.15) is 0 Å². The summed E-state index contributed by atoms with van der Waals surface area (Å²) < 4.78 is 0. The van der Waals surface area contributed by atoms with Crippen molar-refractivity contribution >= 4 is 21.8 Å². The molecule has 1 heterocycles. The SMILES string of the molecule is Cc1cccc(-c2ccc3nc4ccccc4cc3c2)c1. The van der Waals surface area contributed by atoms with E-state index in [1.54, 1.807) is 0 Å². The van der Waals surface area contributed by atoms with E-state index >= 15 is 0 Å². The van der Waals surface area contributed by atoms with Crippen LogP contribution in [-0.2, 0) is 0 Å². The average molecular weight is 269 g/mol. The summed E-state index contributed by atoms with van der Waals surface area (Å²) in [5.74, 6) is 0. The van der Waals surface area contributed by atoms with Crippen molar-refractivity contribution in [3.8, 4) is 11.1 Å². The lowest BCUT2D eigenvalue weighted by Gasteiger charge is -2.06. The summed E-state index contributed by atoms with van der Waals surface area (Å²) in [5.41, 5.74) is 5.87. The molecular formula is C20H15N. The first kappa shape index (κ1) is 12.1. The molecule has 0 atom stereocenters. The highest BCUT2D eigenvalue weighted by Gasteiger charge is 2.03. The van der Waals surface area contributed by atoms with Gasteiger partial charge < -0.3 is 0 Å². The zero-order chi connectivity index (χ0) is 14.2. The molecule has 0 saturated carbocycles. The number of aryl methyl sites for hydroxylation is 1. The van der Waals surface area contributed by atoms with E-state index in [1.165, 1.54) is 27.5 Å². The van der Waals surface area contributed by atoms with Crippen LogP contribution < -0.4 is 0 Å². The third-order valence-corrected chi connectivity index (χ3v) is 3.87. The fourth-order valence-corrected chi connectivity index (χ4v) is 2.78. The zero-order valence-electron chi connectivity index (χ0n) is 11.9. The lowest BCUT2D eigenvalue weighted by molar-refractivity contribution is 1.46. The Labute approximate surface area is 123 Å². The van der Waals surface area contributed by atoms with E-state index in [-0.39, 0.29) is 0 Å². The topological polar surface area (TPSA) is 12.9 Å². The number of hydrogen-bond acceptors (Lipinski definition) is 1. The third-order valence-electron chi connectivity index (χ3n) is 3.87. The summed E-state index contributed by atoms with van der Waals surface area (Å²) in [6, 6.07) is 25.6. The molecule has 0 spiro atoms. The molecule has 4 aromatic rings. The number of aromatic nitrogens is 1. The molecule has 100 valence electrons. The van der Waals surface area contributed by atoms with Crippen LogP contribution in [0.3, 0.4) is 0 Å². The third kappa shape index (κ3) is 2.17. The van der Waals surface area contributed by atoms with Gasteiger partial charge in [-0.25, -0.2) is 4.98 Å². The highest BCUT2D eigenvalue weighted by atomic mass is 14.7. The van der Waals surface area contributed by atoms with E-state index in [4.69, 9.17) is 4.98 Å². The molecule has 21 heavy (non-hydrogen) atoms. The summed E-state index contributed by atoms with van der Waals surface area (Å²) in [7, 11) is 0. The molecule has 0 aliphatic rings. The van der Waals surface area contributed by atoms with Crippen molar-refractivity contribution in [2.45, 2.75) is 6.92 Å². The van der Waals surface area contributed by atoms with Crippen molar-refractivity contribution in [2.75, 3.05) is 0 Å². The van der Waals surface area contributed by atoms with Crippen molar-refractivity contribution in [3.63, 3.8) is 0 Å². The number of benzene rings is 3. The molecule has 4 rings (SSSR count). The van der Waals surface area contributed by atoms with Gasteiger partial charge in [0.25, 0.3) is 0 Å². The molecule has 0 fully saturated rings. The van der Waals surface area contributed by atoms with Crippen molar-refractivity contribution < 1.29 is 0 Å². The van der Waals surface area contributed by atoms with Crippen molar-refractivity contribution in [1.29, 1.82) is 0 Å². The Hall–Kier alpha value is -2.67. The molecule has 1 nitrogen and oxygen atoms in total. The standard InChI is InChI=1S/C20H15N/c1-14-5-4-7-15(11-14)16-9-10-20-18(12-16)13-17-6-2-3-8-19(17)21-20/h2-13H,1H3. The van der Waals surface area contributed by atoms with Crippen LogP contribution >= 0.6 is 0 Å². The van der Waals surface area contributed by atoms with Crippen LogP contribution in [0.2, 0.25) is 0 Å². The second kappa shape index (κ2) is 4.71. The van der Waals surface area contributed by atoms with Crippen LogP contribution in [0.5, 0.6) is 0 Å². The van der Waals surface area contributed by atoms with Crippen LogP contribution in [0.1, 0.15) is 5.56 Å². The Morgan fingerprint density at radius 3 is 2.33 bits per heavy atom. The Balaban J connectivity index is 1.95. The van der Waals surface area contributed by atoms with E-state index < -0.39 is 0 Å². The van der Waals surface area contributed by atoms with Crippen LogP contribution in [0.15, 0.2) is 72.8 Å². The van der Waals surface area contributed by atoms with Gasteiger partial charge in [-0.3, -0.25) is 0 Å². The molecule has 0 amide bonds. The molecule has 0 N–H and O–H groups in total. The van der Waals surface area contributed by atoms with E-state index in [0.717, 1.165) is 11.0 Å². The first-order valence-electron chi connectivity index (χ1n) is 7.16. The molecule has 0 unspecified atom stereocenters. The number of para-hydroxylation sites is 1. The van der Waals surface area contributed by atoms with Gasteiger partial charge in [0.05, 0.1) is 11.0 Å². The average Bonchev–Trinajstić information content (AvgIpc) is 2.52. The lowest BCUT2D eigenvalue weighted by atomic mass is 10.0. The van der Waals surface area contributed by atoms with E-state index in [0.29, 0.717) is 0 Å². The maximum atomic E-state index is 4.73. The Bertz CT molecular complexity index is 954. The lowest BCUT2D eigenvalue weighted by Crippen LogP contribution is -1.84. The van der Waals surface area contributed by atoms with Gasteiger partial charge in [0.2, 0.25) is 0 Å². The number of fused-ring (bicyclic) bond motifs is 2. The smallest absolute Gasteiger partial charge is 0.0710 e. The minimum atomic E-state index is 1.05. The maximum Gasteiger partial charge on any atom is 0.0710 e. The molecule has 1 aromatic heterocycles. The number of pyridine rings is 1. The van der Waals surface area contributed by atoms with E-state index in [2.05, 4.69) is 73.7 Å². The molecule has 1 heteroatoms. The highest BCUT2D eigenvalue weighted by molar-refractivity contribution is 5.94. The van der Waals surface area contributed by atoms with Gasteiger partial charge in [0.1, 0.15) is 0 Å². The van der Waals surface area contributed by atoms with Gasteiger partial charge >= 0.3 is 0 Å². The Morgan fingerprint density at radius 2 is 1.43 bits per heavy atom. The quantitative estimate of drug-likeness (QED) is 0.424. The summed E-state index contributed by atoms with van der Waals surface area (Å²) in [5, 5.41) is 2.37. The van der Waals surface area contributed by atoms with E-state index in [9.17, 15) is 0 Å². The van der Waals surface area contributed by atoms with Gasteiger partial charge in [-0.05, 0) is 42.3 Å². The summed E-state index contributed by atoms with van der Waals surface area (Å²) in [6.45, 7) is 2.12. The second-order valence-corrected chi connectivity index (χ2v) is 5.46.